The van der Waals surface area contributed by atoms with E-state index >= 15 is 0 Å². The van der Waals surface area contributed by atoms with Crippen LogP contribution in [0, 0.1) is 11.3 Å². The second kappa shape index (κ2) is 5.14. The van der Waals surface area contributed by atoms with E-state index in [1.807, 2.05) is 23.3 Å². The number of likely N-dealkylation sites (tertiary alicyclic amines) is 1. The number of hydrogen-bond acceptors (Lipinski definition) is 3. The molecule has 1 amide bonds. The van der Waals surface area contributed by atoms with Gasteiger partial charge in [-0.1, -0.05) is 24.3 Å². The highest BCUT2D eigenvalue weighted by atomic mass is 32.2. The van der Waals surface area contributed by atoms with Crippen molar-refractivity contribution in [2.75, 3.05) is 19.3 Å². The molecule has 1 aliphatic carbocycles. The van der Waals surface area contributed by atoms with Crippen molar-refractivity contribution in [3.05, 3.63) is 35.4 Å². The number of hydrogen-bond donors (Lipinski definition) is 0. The van der Waals surface area contributed by atoms with Crippen molar-refractivity contribution >= 4 is 17.7 Å². The highest BCUT2D eigenvalue weighted by Gasteiger charge is 2.39. The van der Waals surface area contributed by atoms with Gasteiger partial charge in [-0.25, -0.2) is 0 Å². The molecule has 1 aliphatic heterocycles. The fourth-order valence-electron chi connectivity index (χ4n) is 3.15. The van der Waals surface area contributed by atoms with Crippen molar-refractivity contribution in [1.29, 1.82) is 5.26 Å². The maximum absolute atomic E-state index is 12.6. The molecule has 1 saturated heterocycles. The zero-order valence-corrected chi connectivity index (χ0v) is 12.4. The summed E-state index contributed by atoms with van der Waals surface area (Å²) in [6, 6.07) is 10.6. The summed E-state index contributed by atoms with van der Waals surface area (Å²) in [5.74, 6) is 0.298. The molecule has 0 aromatic heterocycles. The molecule has 0 saturated carbocycles. The minimum Gasteiger partial charge on any atom is -0.342 e. The van der Waals surface area contributed by atoms with E-state index in [1.165, 1.54) is 11.1 Å². The van der Waals surface area contributed by atoms with Crippen LogP contribution in [0.4, 0.5) is 0 Å². The summed E-state index contributed by atoms with van der Waals surface area (Å²) >= 11 is 1.62. The standard InChI is InChI=1S/C16H18N2OS/c1-20-16(11-17)6-8-18(9-7-16)15(19)14-10-12-4-2-3-5-13(12)14/h2-5,14H,6-10H2,1H3. The van der Waals surface area contributed by atoms with Crippen molar-refractivity contribution in [2.24, 2.45) is 0 Å². The molecular weight excluding hydrogens is 268 g/mol. The Labute approximate surface area is 124 Å². The fraction of sp³-hybridized carbons (Fsp3) is 0.500. The number of carbonyl (C=O) groups excluding carboxylic acids is 1. The molecule has 1 aromatic carbocycles. The van der Waals surface area contributed by atoms with Crippen molar-refractivity contribution in [3.63, 3.8) is 0 Å². The molecule has 0 N–H and O–H groups in total. The quantitative estimate of drug-likeness (QED) is 0.839. The van der Waals surface area contributed by atoms with Crippen molar-refractivity contribution in [2.45, 2.75) is 29.9 Å². The molecule has 4 heteroatoms. The molecule has 20 heavy (non-hydrogen) atoms. The monoisotopic (exact) mass is 286 g/mol. The van der Waals surface area contributed by atoms with Gasteiger partial charge < -0.3 is 4.90 Å². The van der Waals surface area contributed by atoms with Crippen LogP contribution < -0.4 is 0 Å². The van der Waals surface area contributed by atoms with E-state index in [4.69, 9.17) is 0 Å². The van der Waals surface area contributed by atoms with E-state index in [1.54, 1.807) is 11.8 Å². The van der Waals surface area contributed by atoms with Gasteiger partial charge in [0, 0.05) is 13.1 Å². The highest BCUT2D eigenvalue weighted by molar-refractivity contribution is 8.00. The lowest BCUT2D eigenvalue weighted by molar-refractivity contribution is -0.134. The Balaban J connectivity index is 1.66. The summed E-state index contributed by atoms with van der Waals surface area (Å²) in [6.45, 7) is 1.43. The van der Waals surface area contributed by atoms with E-state index in [2.05, 4.69) is 18.2 Å². The third-order valence-electron chi connectivity index (χ3n) is 4.63. The van der Waals surface area contributed by atoms with Crippen molar-refractivity contribution < 1.29 is 4.79 Å². The molecule has 3 nitrogen and oxygen atoms in total. The van der Waals surface area contributed by atoms with Gasteiger partial charge >= 0.3 is 0 Å². The number of fused-ring (bicyclic) bond motifs is 1. The van der Waals surface area contributed by atoms with Gasteiger partial charge in [-0.05, 0) is 36.6 Å². The van der Waals surface area contributed by atoms with Crippen LogP contribution in [-0.4, -0.2) is 34.9 Å². The Morgan fingerprint density at radius 3 is 2.70 bits per heavy atom. The van der Waals surface area contributed by atoms with E-state index < -0.39 is 0 Å². The number of nitriles is 1. The van der Waals surface area contributed by atoms with Crippen LogP contribution in [0.3, 0.4) is 0 Å². The average molecular weight is 286 g/mol. The predicted octanol–water partition coefficient (Wildman–Crippen LogP) is 2.57. The van der Waals surface area contributed by atoms with E-state index in [9.17, 15) is 10.1 Å². The molecule has 1 aromatic rings. The summed E-state index contributed by atoms with van der Waals surface area (Å²) in [5, 5.41) is 9.29. The van der Waals surface area contributed by atoms with Gasteiger partial charge in [-0.2, -0.15) is 5.26 Å². The molecule has 0 radical (unpaired) electrons. The van der Waals surface area contributed by atoms with Crippen LogP contribution in [0.15, 0.2) is 24.3 Å². The third-order valence-corrected chi connectivity index (χ3v) is 5.91. The number of rotatable bonds is 2. The molecule has 2 aliphatic rings. The summed E-state index contributed by atoms with van der Waals surface area (Å²) in [7, 11) is 0. The Bertz CT molecular complexity index is 570. The van der Waals surface area contributed by atoms with Crippen LogP contribution in [0.1, 0.15) is 29.9 Å². The zero-order chi connectivity index (χ0) is 14.2. The van der Waals surface area contributed by atoms with Gasteiger partial charge in [0.25, 0.3) is 0 Å². The molecule has 0 bridgehead atoms. The minimum absolute atomic E-state index is 0.0510. The van der Waals surface area contributed by atoms with E-state index in [0.29, 0.717) is 13.1 Å². The zero-order valence-electron chi connectivity index (χ0n) is 11.6. The molecular formula is C16H18N2OS. The van der Waals surface area contributed by atoms with Crippen LogP contribution in [0.25, 0.3) is 0 Å². The normalized spacial score (nSPS) is 23.4. The first-order valence-corrected chi connectivity index (χ1v) is 8.24. The van der Waals surface area contributed by atoms with Crippen LogP contribution in [-0.2, 0) is 11.2 Å². The SMILES string of the molecule is CSC1(C#N)CCN(C(=O)C2Cc3ccccc32)CC1. The van der Waals surface area contributed by atoms with Crippen molar-refractivity contribution in [3.8, 4) is 6.07 Å². The lowest BCUT2D eigenvalue weighted by Gasteiger charge is -2.40. The maximum atomic E-state index is 12.6. The van der Waals surface area contributed by atoms with E-state index in [0.717, 1.165) is 19.3 Å². The number of carbonyl (C=O) groups is 1. The first-order valence-electron chi connectivity index (χ1n) is 7.02. The first kappa shape index (κ1) is 13.5. The fourth-order valence-corrected chi connectivity index (χ4v) is 3.83. The van der Waals surface area contributed by atoms with Gasteiger partial charge in [0.2, 0.25) is 5.91 Å². The van der Waals surface area contributed by atoms with Gasteiger partial charge in [-0.3, -0.25) is 4.79 Å². The highest BCUT2D eigenvalue weighted by Crippen LogP contribution is 2.39. The molecule has 104 valence electrons. The molecule has 3 rings (SSSR count). The van der Waals surface area contributed by atoms with Crippen LogP contribution in [0.5, 0.6) is 0 Å². The largest absolute Gasteiger partial charge is 0.342 e. The lowest BCUT2D eigenvalue weighted by Crippen LogP contribution is -2.47. The van der Waals surface area contributed by atoms with Gasteiger partial charge in [0.15, 0.2) is 0 Å². The smallest absolute Gasteiger partial charge is 0.230 e. The maximum Gasteiger partial charge on any atom is 0.230 e. The van der Waals surface area contributed by atoms with Crippen LogP contribution in [0.2, 0.25) is 0 Å². The Morgan fingerprint density at radius 2 is 2.10 bits per heavy atom. The topological polar surface area (TPSA) is 44.1 Å². The summed E-state index contributed by atoms with van der Waals surface area (Å²) in [4.78, 5) is 14.5. The van der Waals surface area contributed by atoms with Gasteiger partial charge in [0.1, 0.15) is 4.75 Å². The second-order valence-electron chi connectivity index (χ2n) is 5.59. The second-order valence-corrected chi connectivity index (χ2v) is 6.78. The third kappa shape index (κ3) is 2.10. The van der Waals surface area contributed by atoms with Gasteiger partial charge in [-0.15, -0.1) is 11.8 Å². The van der Waals surface area contributed by atoms with Crippen LogP contribution >= 0.6 is 11.8 Å². The Hall–Kier alpha value is -1.47. The molecule has 1 unspecified atom stereocenters. The summed E-state index contributed by atoms with van der Waals surface area (Å²) in [6.07, 6.45) is 4.43. The first-order chi connectivity index (χ1) is 9.69. The minimum atomic E-state index is -0.283. The van der Waals surface area contributed by atoms with Crippen molar-refractivity contribution in [1.82, 2.24) is 4.90 Å². The number of nitrogens with zero attached hydrogens (tertiary/aromatic N) is 2. The number of benzene rings is 1. The van der Waals surface area contributed by atoms with E-state index in [-0.39, 0.29) is 16.6 Å². The molecule has 1 fully saturated rings. The molecule has 1 atom stereocenters. The predicted molar refractivity (Wildman–Crippen MR) is 80.6 cm³/mol. The summed E-state index contributed by atoms with van der Waals surface area (Å²) in [5.41, 5.74) is 2.50. The molecule has 0 spiro atoms. The number of thioether (sulfide) groups is 1. The lowest BCUT2D eigenvalue weighted by atomic mass is 9.76. The Kier molecular flexibility index (Phi) is 3.47. The average Bonchev–Trinajstić information content (AvgIpc) is 2.48. The molecule has 1 heterocycles. The van der Waals surface area contributed by atoms with Gasteiger partial charge in [0.05, 0.1) is 12.0 Å². The number of piperidine rings is 1. The summed E-state index contributed by atoms with van der Waals surface area (Å²) < 4.78 is -0.283. The number of amides is 1. The Morgan fingerprint density at radius 1 is 1.40 bits per heavy atom.